The molecule has 0 aliphatic carbocycles. The van der Waals surface area contributed by atoms with Crippen molar-refractivity contribution in [2.45, 2.75) is 13.8 Å². The maximum atomic E-state index is 9.06. The standard InChI is InChI=1S/C12H12N4/c1-8-4-3-5-10(6-13)11(8)16-7-9(2)12(14)15-16/h3-5,7H,1-2H3,(H2,14,15). The van der Waals surface area contributed by atoms with E-state index in [1.54, 1.807) is 10.7 Å². The molecular formula is C12H12N4. The summed E-state index contributed by atoms with van der Waals surface area (Å²) in [5.41, 5.74) is 9.01. The molecule has 0 amide bonds. The summed E-state index contributed by atoms with van der Waals surface area (Å²) in [6, 6.07) is 7.74. The molecule has 0 spiro atoms. The lowest BCUT2D eigenvalue weighted by Crippen LogP contribution is -2.01. The zero-order valence-electron chi connectivity index (χ0n) is 9.23. The van der Waals surface area contributed by atoms with Gasteiger partial charge in [0.2, 0.25) is 0 Å². The molecule has 0 saturated carbocycles. The molecule has 4 heteroatoms. The van der Waals surface area contributed by atoms with Crippen molar-refractivity contribution in [2.75, 3.05) is 5.73 Å². The van der Waals surface area contributed by atoms with Crippen molar-refractivity contribution in [3.05, 3.63) is 41.1 Å². The van der Waals surface area contributed by atoms with Gasteiger partial charge in [-0.3, -0.25) is 0 Å². The molecule has 4 nitrogen and oxygen atoms in total. The third kappa shape index (κ3) is 1.52. The van der Waals surface area contributed by atoms with E-state index in [1.165, 1.54) is 0 Å². The number of nitrogen functional groups attached to an aromatic ring is 1. The number of nitrogens with zero attached hydrogens (tertiary/aromatic N) is 3. The summed E-state index contributed by atoms with van der Waals surface area (Å²) in [7, 11) is 0. The van der Waals surface area contributed by atoms with Crippen molar-refractivity contribution in [1.29, 1.82) is 5.26 Å². The van der Waals surface area contributed by atoms with Crippen LogP contribution in [-0.4, -0.2) is 9.78 Å². The van der Waals surface area contributed by atoms with Crippen LogP contribution in [0.1, 0.15) is 16.7 Å². The fourth-order valence-corrected chi connectivity index (χ4v) is 1.64. The summed E-state index contributed by atoms with van der Waals surface area (Å²) in [6.45, 7) is 3.84. The maximum absolute atomic E-state index is 9.06. The Morgan fingerprint density at radius 2 is 2.06 bits per heavy atom. The lowest BCUT2D eigenvalue weighted by molar-refractivity contribution is 0.874. The molecule has 0 unspecified atom stereocenters. The van der Waals surface area contributed by atoms with Crippen LogP contribution < -0.4 is 5.73 Å². The van der Waals surface area contributed by atoms with Crippen molar-refractivity contribution in [2.24, 2.45) is 0 Å². The largest absolute Gasteiger partial charge is 0.382 e. The molecule has 1 aromatic carbocycles. The summed E-state index contributed by atoms with van der Waals surface area (Å²) in [5.74, 6) is 0.493. The van der Waals surface area contributed by atoms with Crippen molar-refractivity contribution in [3.8, 4) is 11.8 Å². The van der Waals surface area contributed by atoms with Gasteiger partial charge in [-0.15, -0.1) is 0 Å². The molecule has 0 bridgehead atoms. The monoisotopic (exact) mass is 212 g/mol. The maximum Gasteiger partial charge on any atom is 0.148 e. The van der Waals surface area contributed by atoms with Crippen molar-refractivity contribution in [3.63, 3.8) is 0 Å². The van der Waals surface area contributed by atoms with Gasteiger partial charge >= 0.3 is 0 Å². The van der Waals surface area contributed by atoms with E-state index < -0.39 is 0 Å². The minimum absolute atomic E-state index is 0.493. The fourth-order valence-electron chi connectivity index (χ4n) is 1.64. The Labute approximate surface area is 93.9 Å². The van der Waals surface area contributed by atoms with Gasteiger partial charge in [-0.25, -0.2) is 4.68 Å². The van der Waals surface area contributed by atoms with E-state index in [-0.39, 0.29) is 0 Å². The van der Waals surface area contributed by atoms with Crippen molar-refractivity contribution >= 4 is 5.82 Å². The van der Waals surface area contributed by atoms with Crippen LogP contribution in [0.3, 0.4) is 0 Å². The van der Waals surface area contributed by atoms with E-state index in [2.05, 4.69) is 11.2 Å². The van der Waals surface area contributed by atoms with Crippen LogP contribution in [0.2, 0.25) is 0 Å². The van der Waals surface area contributed by atoms with Crippen LogP contribution >= 0.6 is 0 Å². The average molecular weight is 212 g/mol. The van der Waals surface area contributed by atoms with Crippen LogP contribution in [0.4, 0.5) is 5.82 Å². The van der Waals surface area contributed by atoms with Gasteiger partial charge in [0.25, 0.3) is 0 Å². The Morgan fingerprint density at radius 3 is 2.62 bits per heavy atom. The first kappa shape index (κ1) is 10.2. The number of hydrogen-bond donors (Lipinski definition) is 1. The molecule has 2 aromatic rings. The smallest absolute Gasteiger partial charge is 0.148 e. The van der Waals surface area contributed by atoms with Gasteiger partial charge in [-0.1, -0.05) is 12.1 Å². The van der Waals surface area contributed by atoms with Crippen LogP contribution in [0.15, 0.2) is 24.4 Å². The highest BCUT2D eigenvalue weighted by atomic mass is 15.3. The van der Waals surface area contributed by atoms with Crippen LogP contribution in [0.25, 0.3) is 5.69 Å². The SMILES string of the molecule is Cc1cn(-c2c(C)cccc2C#N)nc1N. The van der Waals surface area contributed by atoms with E-state index in [9.17, 15) is 0 Å². The van der Waals surface area contributed by atoms with Gasteiger partial charge in [-0.2, -0.15) is 10.4 Å². The Morgan fingerprint density at radius 1 is 1.31 bits per heavy atom. The lowest BCUT2D eigenvalue weighted by atomic mass is 10.1. The number of hydrogen-bond acceptors (Lipinski definition) is 3. The molecule has 2 rings (SSSR count). The quantitative estimate of drug-likeness (QED) is 0.785. The number of para-hydroxylation sites is 1. The highest BCUT2D eigenvalue weighted by Gasteiger charge is 2.10. The molecule has 0 radical (unpaired) electrons. The van der Waals surface area contributed by atoms with E-state index in [1.807, 2.05) is 32.2 Å². The van der Waals surface area contributed by atoms with Gasteiger partial charge in [0.05, 0.1) is 11.3 Å². The Balaban J connectivity index is 2.69. The number of nitriles is 1. The number of nitrogens with two attached hydrogens (primary N) is 1. The zero-order chi connectivity index (χ0) is 11.7. The second-order valence-electron chi connectivity index (χ2n) is 3.72. The highest BCUT2D eigenvalue weighted by Crippen LogP contribution is 2.20. The fraction of sp³-hybridized carbons (Fsp3) is 0.167. The molecule has 16 heavy (non-hydrogen) atoms. The predicted octanol–water partition coefficient (Wildman–Crippen LogP) is 1.94. The average Bonchev–Trinajstić information content (AvgIpc) is 2.58. The second-order valence-corrected chi connectivity index (χ2v) is 3.72. The number of aromatic nitrogens is 2. The summed E-state index contributed by atoms with van der Waals surface area (Å²) >= 11 is 0. The molecule has 0 aliphatic heterocycles. The first-order valence-electron chi connectivity index (χ1n) is 4.95. The Kier molecular flexibility index (Phi) is 2.37. The van der Waals surface area contributed by atoms with E-state index in [0.717, 1.165) is 16.8 Å². The third-order valence-electron chi connectivity index (χ3n) is 2.52. The van der Waals surface area contributed by atoms with E-state index in [0.29, 0.717) is 11.4 Å². The van der Waals surface area contributed by atoms with E-state index in [4.69, 9.17) is 11.0 Å². The van der Waals surface area contributed by atoms with Crippen LogP contribution in [-0.2, 0) is 0 Å². The number of anilines is 1. The summed E-state index contributed by atoms with van der Waals surface area (Å²) < 4.78 is 1.67. The molecular weight excluding hydrogens is 200 g/mol. The topological polar surface area (TPSA) is 67.6 Å². The van der Waals surface area contributed by atoms with Crippen molar-refractivity contribution < 1.29 is 0 Å². The highest BCUT2D eigenvalue weighted by molar-refractivity contribution is 5.54. The van der Waals surface area contributed by atoms with Crippen LogP contribution in [0.5, 0.6) is 0 Å². The van der Waals surface area contributed by atoms with Gasteiger partial charge in [-0.05, 0) is 25.5 Å². The molecule has 0 fully saturated rings. The first-order valence-corrected chi connectivity index (χ1v) is 4.95. The van der Waals surface area contributed by atoms with Gasteiger partial charge in [0.1, 0.15) is 11.9 Å². The number of aryl methyl sites for hydroxylation is 2. The number of rotatable bonds is 1. The van der Waals surface area contributed by atoms with Crippen molar-refractivity contribution in [1.82, 2.24) is 9.78 Å². The molecule has 0 atom stereocenters. The van der Waals surface area contributed by atoms with Gasteiger partial charge < -0.3 is 5.73 Å². The zero-order valence-corrected chi connectivity index (χ0v) is 9.23. The third-order valence-corrected chi connectivity index (χ3v) is 2.52. The minimum Gasteiger partial charge on any atom is -0.382 e. The molecule has 0 aliphatic rings. The summed E-state index contributed by atoms with van der Waals surface area (Å²) in [6.07, 6.45) is 1.83. The normalized spacial score (nSPS) is 10.1. The Bertz CT molecular complexity index is 556. The van der Waals surface area contributed by atoms with Crippen LogP contribution in [0, 0.1) is 25.2 Å². The molecule has 1 heterocycles. The molecule has 1 aromatic heterocycles. The molecule has 0 saturated heterocycles. The van der Waals surface area contributed by atoms with E-state index >= 15 is 0 Å². The lowest BCUT2D eigenvalue weighted by Gasteiger charge is -2.07. The molecule has 2 N–H and O–H groups in total. The summed E-state index contributed by atoms with van der Waals surface area (Å²) in [4.78, 5) is 0. The Hall–Kier alpha value is -2.28. The van der Waals surface area contributed by atoms with Gasteiger partial charge in [0.15, 0.2) is 0 Å². The summed E-state index contributed by atoms with van der Waals surface area (Å²) in [5, 5.41) is 13.3. The minimum atomic E-state index is 0.493. The number of benzene rings is 1. The predicted molar refractivity (Wildman–Crippen MR) is 62.2 cm³/mol. The first-order chi connectivity index (χ1) is 7.63. The molecule has 80 valence electrons. The second kappa shape index (κ2) is 3.70. The van der Waals surface area contributed by atoms with Gasteiger partial charge in [0, 0.05) is 11.8 Å².